The molecule has 0 bridgehead atoms. The van der Waals surface area contributed by atoms with Gasteiger partial charge < -0.3 is 0 Å². The molecule has 2 aromatic heterocycles. The maximum absolute atomic E-state index is 12.8. The predicted octanol–water partition coefficient (Wildman–Crippen LogP) is 3.01. The summed E-state index contributed by atoms with van der Waals surface area (Å²) in [6, 6.07) is 7.72. The average Bonchev–Trinajstić information content (AvgIpc) is 2.97. The van der Waals surface area contributed by atoms with E-state index in [0.717, 1.165) is 10.4 Å². The molecule has 2 rings (SSSR count). The molecule has 0 radical (unpaired) electrons. The highest BCUT2D eigenvalue weighted by atomic mass is 32.3. The fourth-order valence-corrected chi connectivity index (χ4v) is 3.34. The van der Waals surface area contributed by atoms with Gasteiger partial charge >= 0.3 is 10.2 Å². The van der Waals surface area contributed by atoms with E-state index in [1.54, 1.807) is 23.7 Å². The zero-order valence-corrected chi connectivity index (χ0v) is 13.3. The van der Waals surface area contributed by atoms with Gasteiger partial charge in [0, 0.05) is 36.4 Å². The molecule has 0 aliphatic heterocycles. The number of thiophene rings is 1. The first-order chi connectivity index (χ1) is 9.96. The van der Waals surface area contributed by atoms with Gasteiger partial charge in [-0.05, 0) is 36.1 Å². The first-order valence-electron chi connectivity index (χ1n) is 6.54. The Bertz CT molecular complexity index is 645. The van der Waals surface area contributed by atoms with Crippen molar-refractivity contribution in [1.29, 1.82) is 0 Å². The van der Waals surface area contributed by atoms with Crippen LogP contribution in [0.3, 0.4) is 0 Å². The lowest BCUT2D eigenvalue weighted by Gasteiger charge is -2.28. The van der Waals surface area contributed by atoms with Gasteiger partial charge in [-0.15, -0.1) is 15.2 Å². The normalized spacial score (nSPS) is 13.5. The number of rotatable bonds is 7. The Morgan fingerprint density at radius 3 is 2.62 bits per heavy atom. The lowest BCUT2D eigenvalue weighted by Crippen LogP contribution is -2.30. The van der Waals surface area contributed by atoms with E-state index in [1.807, 2.05) is 41.5 Å². The van der Waals surface area contributed by atoms with E-state index >= 15 is 0 Å². The van der Waals surface area contributed by atoms with Crippen LogP contribution in [0.15, 0.2) is 42.0 Å². The number of hydrogen-bond donors (Lipinski definition) is 0. The molecule has 1 atom stereocenters. The van der Waals surface area contributed by atoms with Crippen LogP contribution < -0.4 is 0 Å². The molecule has 2 heterocycles. The Morgan fingerprint density at radius 1 is 1.33 bits per heavy atom. The van der Waals surface area contributed by atoms with Crippen LogP contribution in [0.1, 0.15) is 23.4 Å². The third-order valence-corrected chi connectivity index (χ3v) is 4.97. The number of hydrogen-bond acceptors (Lipinski definition) is 5. The number of pyridine rings is 1. The molecular formula is C14H17FN2O2S2. The Balaban J connectivity index is 2.13. The van der Waals surface area contributed by atoms with E-state index in [2.05, 4.69) is 4.98 Å². The molecule has 114 valence electrons. The average molecular weight is 328 g/mol. The summed E-state index contributed by atoms with van der Waals surface area (Å²) >= 11 is 1.61. The summed E-state index contributed by atoms with van der Waals surface area (Å²) in [5.74, 6) is -0.492. The van der Waals surface area contributed by atoms with Gasteiger partial charge in [-0.3, -0.25) is 9.88 Å². The van der Waals surface area contributed by atoms with Crippen LogP contribution >= 0.6 is 11.3 Å². The standard InChI is InChI=1S/C14H17FN2O2S2/c1-12(14-3-2-9-20-14)17(8-10-21(15,18)19)11-13-4-6-16-7-5-13/h2-7,9,12H,8,10-11H2,1H3. The summed E-state index contributed by atoms with van der Waals surface area (Å²) in [7, 11) is -4.46. The largest absolute Gasteiger partial charge is 0.303 e. The van der Waals surface area contributed by atoms with Crippen LogP contribution in [0.2, 0.25) is 0 Å². The summed E-state index contributed by atoms with van der Waals surface area (Å²) in [4.78, 5) is 7.04. The molecule has 0 saturated heterocycles. The highest BCUT2D eigenvalue weighted by Crippen LogP contribution is 2.26. The first-order valence-corrected chi connectivity index (χ1v) is 8.97. The second-order valence-corrected chi connectivity index (χ2v) is 7.23. The van der Waals surface area contributed by atoms with E-state index in [-0.39, 0.29) is 12.6 Å². The minimum Gasteiger partial charge on any atom is -0.290 e. The third kappa shape index (κ3) is 5.18. The minimum absolute atomic E-state index is 0.0277. The van der Waals surface area contributed by atoms with Crippen LogP contribution in [-0.2, 0) is 16.8 Å². The third-order valence-electron chi connectivity index (χ3n) is 3.26. The second-order valence-electron chi connectivity index (χ2n) is 4.76. The molecule has 0 aliphatic rings. The van der Waals surface area contributed by atoms with Gasteiger partial charge in [-0.25, -0.2) is 0 Å². The fourth-order valence-electron chi connectivity index (χ4n) is 2.07. The van der Waals surface area contributed by atoms with Crippen LogP contribution in [-0.4, -0.2) is 30.6 Å². The van der Waals surface area contributed by atoms with Crippen molar-refractivity contribution in [2.75, 3.05) is 12.3 Å². The first kappa shape index (κ1) is 16.1. The van der Waals surface area contributed by atoms with Crippen molar-refractivity contribution in [3.8, 4) is 0 Å². The Labute approximate surface area is 128 Å². The number of nitrogens with zero attached hydrogens (tertiary/aromatic N) is 2. The van der Waals surface area contributed by atoms with Gasteiger partial charge in [-0.2, -0.15) is 8.42 Å². The van der Waals surface area contributed by atoms with Crippen LogP contribution in [0.25, 0.3) is 0 Å². The summed E-state index contributed by atoms with van der Waals surface area (Å²) < 4.78 is 34.4. The van der Waals surface area contributed by atoms with Crippen molar-refractivity contribution >= 4 is 21.6 Å². The van der Waals surface area contributed by atoms with E-state index in [9.17, 15) is 12.3 Å². The van der Waals surface area contributed by atoms with E-state index in [1.165, 1.54) is 0 Å². The SMILES string of the molecule is CC(c1cccs1)N(CCS(=O)(=O)F)Cc1ccncc1. The van der Waals surface area contributed by atoms with E-state index in [0.29, 0.717) is 6.54 Å². The quantitative estimate of drug-likeness (QED) is 0.733. The van der Waals surface area contributed by atoms with Crippen molar-refractivity contribution in [3.05, 3.63) is 52.5 Å². The maximum Gasteiger partial charge on any atom is 0.303 e. The Hall–Kier alpha value is -1.31. The minimum atomic E-state index is -4.46. The van der Waals surface area contributed by atoms with E-state index in [4.69, 9.17) is 0 Å². The van der Waals surface area contributed by atoms with Crippen LogP contribution in [0, 0.1) is 0 Å². The topological polar surface area (TPSA) is 50.3 Å². The monoisotopic (exact) mass is 328 g/mol. The van der Waals surface area contributed by atoms with Crippen molar-refractivity contribution < 1.29 is 12.3 Å². The molecule has 0 aliphatic carbocycles. The molecule has 7 heteroatoms. The number of aromatic nitrogens is 1. The Morgan fingerprint density at radius 2 is 2.05 bits per heavy atom. The molecule has 21 heavy (non-hydrogen) atoms. The molecule has 0 fully saturated rings. The van der Waals surface area contributed by atoms with Crippen molar-refractivity contribution in [2.24, 2.45) is 0 Å². The maximum atomic E-state index is 12.8. The molecule has 4 nitrogen and oxygen atoms in total. The van der Waals surface area contributed by atoms with Crippen LogP contribution in [0.5, 0.6) is 0 Å². The molecule has 0 spiro atoms. The molecule has 0 amide bonds. The van der Waals surface area contributed by atoms with E-state index < -0.39 is 16.0 Å². The molecule has 1 unspecified atom stereocenters. The Kier molecular flexibility index (Phi) is 5.44. The summed E-state index contributed by atoms with van der Waals surface area (Å²) in [6.07, 6.45) is 3.38. The lowest BCUT2D eigenvalue weighted by atomic mass is 10.2. The van der Waals surface area contributed by atoms with Crippen molar-refractivity contribution in [1.82, 2.24) is 9.88 Å². The van der Waals surface area contributed by atoms with Crippen molar-refractivity contribution in [2.45, 2.75) is 19.5 Å². The van der Waals surface area contributed by atoms with Gasteiger partial charge in [0.2, 0.25) is 0 Å². The van der Waals surface area contributed by atoms with Gasteiger partial charge in [-0.1, -0.05) is 6.07 Å². The second kappa shape index (κ2) is 7.11. The molecule has 0 N–H and O–H groups in total. The van der Waals surface area contributed by atoms with Crippen LogP contribution in [0.4, 0.5) is 3.89 Å². The van der Waals surface area contributed by atoms with Gasteiger partial charge in [0.15, 0.2) is 0 Å². The van der Waals surface area contributed by atoms with Gasteiger partial charge in [0.05, 0.1) is 5.75 Å². The highest BCUT2D eigenvalue weighted by molar-refractivity contribution is 7.86. The molecular weight excluding hydrogens is 311 g/mol. The summed E-state index contributed by atoms with van der Waals surface area (Å²) in [5.41, 5.74) is 1.02. The zero-order valence-electron chi connectivity index (χ0n) is 11.6. The zero-order chi connectivity index (χ0) is 15.3. The fraction of sp³-hybridized carbons (Fsp3) is 0.357. The predicted molar refractivity (Wildman–Crippen MR) is 82.3 cm³/mol. The highest BCUT2D eigenvalue weighted by Gasteiger charge is 2.19. The van der Waals surface area contributed by atoms with Gasteiger partial charge in [0.25, 0.3) is 0 Å². The molecule has 2 aromatic rings. The van der Waals surface area contributed by atoms with Gasteiger partial charge in [0.1, 0.15) is 0 Å². The summed E-state index contributed by atoms with van der Waals surface area (Å²) in [6.45, 7) is 2.70. The summed E-state index contributed by atoms with van der Waals surface area (Å²) in [5, 5.41) is 1.97. The lowest BCUT2D eigenvalue weighted by molar-refractivity contribution is 0.216. The molecule has 0 saturated carbocycles. The smallest absolute Gasteiger partial charge is 0.290 e. The number of halogens is 1. The van der Waals surface area contributed by atoms with Crippen molar-refractivity contribution in [3.63, 3.8) is 0 Å². The molecule has 0 aromatic carbocycles.